The van der Waals surface area contributed by atoms with Gasteiger partial charge in [0.15, 0.2) is 0 Å². The Kier molecular flexibility index (Phi) is 15.5. The number of hydrogen-bond donors (Lipinski definition) is 0. The van der Waals surface area contributed by atoms with Crippen LogP contribution in [0.3, 0.4) is 0 Å². The van der Waals surface area contributed by atoms with Crippen LogP contribution in [0.5, 0.6) is 5.75 Å². The van der Waals surface area contributed by atoms with Crippen molar-refractivity contribution in [2.24, 2.45) is 4.99 Å². The van der Waals surface area contributed by atoms with Crippen molar-refractivity contribution in [3.05, 3.63) is 59.4 Å². The number of nitrogens with zero attached hydrogens (tertiary/aromatic N) is 4. The van der Waals surface area contributed by atoms with E-state index < -0.39 is 0 Å². The Labute approximate surface area is 209 Å². The van der Waals surface area contributed by atoms with E-state index in [-0.39, 0.29) is 11.9 Å². The van der Waals surface area contributed by atoms with Gasteiger partial charge in [0, 0.05) is 44.9 Å². The number of ether oxygens (including phenoxy) is 2. The maximum absolute atomic E-state index is 13.0. The highest BCUT2D eigenvalue weighted by atomic mass is 32.2. The first-order valence-corrected chi connectivity index (χ1v) is 12.8. The van der Waals surface area contributed by atoms with Gasteiger partial charge in [-0.3, -0.25) is 14.5 Å². The highest BCUT2D eigenvalue weighted by Gasteiger charge is 2.30. The Morgan fingerprint density at radius 1 is 1.35 bits per heavy atom. The third-order valence-corrected chi connectivity index (χ3v) is 5.62. The summed E-state index contributed by atoms with van der Waals surface area (Å²) in [5.41, 5.74) is 1.89. The van der Waals surface area contributed by atoms with E-state index in [0.29, 0.717) is 5.56 Å². The van der Waals surface area contributed by atoms with Crippen molar-refractivity contribution in [2.45, 2.75) is 51.6 Å². The minimum Gasteiger partial charge on any atom is -0.496 e. The molecule has 3 rings (SSSR count). The number of benzene rings is 1. The van der Waals surface area contributed by atoms with E-state index in [1.807, 2.05) is 51.7 Å². The second kappa shape index (κ2) is 17.8. The summed E-state index contributed by atoms with van der Waals surface area (Å²) in [5.74, 6) is 0.914. The molecule has 188 valence electrons. The van der Waals surface area contributed by atoms with E-state index in [2.05, 4.69) is 28.5 Å². The summed E-state index contributed by atoms with van der Waals surface area (Å²) in [6.45, 7) is 6.99. The smallest absolute Gasteiger partial charge is 0.254 e. The van der Waals surface area contributed by atoms with Crippen LogP contribution in [-0.2, 0) is 17.7 Å². The van der Waals surface area contributed by atoms with Crippen LogP contribution in [-0.4, -0.2) is 67.5 Å². The molecule has 34 heavy (non-hydrogen) atoms. The number of likely N-dealkylation sites (tertiary alicyclic amines) is 1. The molecular formula is C26H40N4O3S. The molecule has 7 nitrogen and oxygen atoms in total. The highest BCUT2D eigenvalue weighted by Crippen LogP contribution is 2.26. The molecule has 1 aliphatic rings. The number of methoxy groups -OCH3 is 2. The fraction of sp³-hybridized carbons (Fsp3) is 0.500. The third-order valence-electron chi connectivity index (χ3n) is 5.23. The lowest BCUT2D eigenvalue weighted by molar-refractivity contribution is 0.0721. The number of thioether (sulfide) groups is 1. The average Bonchev–Trinajstić information content (AvgIpc) is 3.54. The van der Waals surface area contributed by atoms with Crippen molar-refractivity contribution >= 4 is 24.4 Å². The Morgan fingerprint density at radius 3 is 2.68 bits per heavy atom. The lowest BCUT2D eigenvalue weighted by atomic mass is 10.0. The van der Waals surface area contributed by atoms with Crippen LogP contribution < -0.4 is 4.74 Å². The van der Waals surface area contributed by atoms with Crippen LogP contribution in [0.15, 0.2) is 53.3 Å². The Bertz CT molecular complexity index is 856. The molecule has 1 aliphatic heterocycles. The number of rotatable bonds is 9. The molecule has 1 aromatic carbocycles. The molecule has 1 fully saturated rings. The largest absolute Gasteiger partial charge is 0.496 e. The zero-order valence-electron chi connectivity index (χ0n) is 21.3. The summed E-state index contributed by atoms with van der Waals surface area (Å²) in [5, 5.41) is 6.14. The first-order valence-electron chi connectivity index (χ1n) is 11.5. The van der Waals surface area contributed by atoms with Gasteiger partial charge >= 0.3 is 0 Å². The molecular weight excluding hydrogens is 448 g/mol. The fourth-order valence-corrected chi connectivity index (χ4v) is 3.85. The van der Waals surface area contributed by atoms with E-state index >= 15 is 0 Å². The fourth-order valence-electron chi connectivity index (χ4n) is 3.64. The van der Waals surface area contributed by atoms with Gasteiger partial charge in [0.1, 0.15) is 5.75 Å². The first-order chi connectivity index (χ1) is 16.6. The minimum absolute atomic E-state index is 0.0926. The molecule has 2 aromatic rings. The number of amides is 1. The van der Waals surface area contributed by atoms with Crippen molar-refractivity contribution in [2.75, 3.05) is 34.1 Å². The first kappa shape index (κ1) is 29.5. The van der Waals surface area contributed by atoms with Crippen molar-refractivity contribution in [1.29, 1.82) is 0 Å². The van der Waals surface area contributed by atoms with Gasteiger partial charge in [-0.15, -0.1) is 11.8 Å². The average molecular weight is 489 g/mol. The molecule has 1 aromatic heterocycles. The van der Waals surface area contributed by atoms with Crippen molar-refractivity contribution in [1.82, 2.24) is 14.7 Å². The molecule has 0 saturated carbocycles. The summed E-state index contributed by atoms with van der Waals surface area (Å²) in [4.78, 5) is 18.5. The number of carbonyl (C=O) groups excluding carboxylic acids is 1. The van der Waals surface area contributed by atoms with Gasteiger partial charge < -0.3 is 14.4 Å². The van der Waals surface area contributed by atoms with Crippen LogP contribution >= 0.6 is 11.8 Å². The Hall–Kier alpha value is -2.58. The summed E-state index contributed by atoms with van der Waals surface area (Å²) >= 11 is 1.61. The molecule has 1 amide bonds. The number of unbranched alkanes of at least 4 members (excludes halogenated alkanes) is 1. The number of aliphatic imine (C=N–C) groups is 1. The summed E-state index contributed by atoms with van der Waals surface area (Å²) in [7, 11) is 4.93. The highest BCUT2D eigenvalue weighted by molar-refractivity contribution is 8.01. The monoisotopic (exact) mass is 488 g/mol. The second-order valence-corrected chi connectivity index (χ2v) is 8.51. The van der Waals surface area contributed by atoms with Crippen LogP contribution in [0.2, 0.25) is 0 Å². The van der Waals surface area contributed by atoms with Crippen LogP contribution in [0.25, 0.3) is 0 Å². The van der Waals surface area contributed by atoms with E-state index in [1.54, 1.807) is 45.5 Å². The van der Waals surface area contributed by atoms with Crippen LogP contribution in [0.1, 0.15) is 48.5 Å². The molecule has 0 aliphatic carbocycles. The standard InChI is InChI=1S/C20H27N3O2.C4H7NS.C2H6O/c1-3-4-7-16-9-10-17(14-19(16)25-2)20(24)23-13-5-8-18(23)15-22-12-6-11-21-22;1-5-3-4-6-2;1-3-2/h6,9-12,14,18H,3-5,7-8,13,15H2,1-2H3;3-4H,1H2,2H3;1-2H3/b;4-3-;. The number of aromatic nitrogens is 2. The van der Waals surface area contributed by atoms with Crippen molar-refractivity contribution < 1.29 is 14.3 Å². The molecule has 2 heterocycles. The van der Waals surface area contributed by atoms with Crippen molar-refractivity contribution in [3.63, 3.8) is 0 Å². The van der Waals surface area contributed by atoms with Gasteiger partial charge in [-0.1, -0.05) is 19.4 Å². The molecule has 0 radical (unpaired) electrons. The molecule has 0 N–H and O–H groups in total. The van der Waals surface area contributed by atoms with Crippen LogP contribution in [0.4, 0.5) is 0 Å². The third kappa shape index (κ3) is 10.1. The van der Waals surface area contributed by atoms with Gasteiger partial charge in [-0.25, -0.2) is 0 Å². The quantitative estimate of drug-likeness (QED) is 0.447. The Morgan fingerprint density at radius 2 is 2.12 bits per heavy atom. The summed E-state index contributed by atoms with van der Waals surface area (Å²) in [6, 6.07) is 8.01. The summed E-state index contributed by atoms with van der Waals surface area (Å²) in [6.07, 6.45) is 12.7. The minimum atomic E-state index is 0.0926. The van der Waals surface area contributed by atoms with Gasteiger partial charge in [-0.05, 0) is 67.8 Å². The number of hydrogen-bond acceptors (Lipinski definition) is 6. The predicted octanol–water partition coefficient (Wildman–Crippen LogP) is 5.32. The zero-order valence-corrected chi connectivity index (χ0v) is 22.1. The van der Waals surface area contributed by atoms with E-state index in [4.69, 9.17) is 4.74 Å². The maximum atomic E-state index is 13.0. The van der Waals surface area contributed by atoms with Gasteiger partial charge in [0.25, 0.3) is 5.91 Å². The lowest BCUT2D eigenvalue weighted by Gasteiger charge is -2.25. The lowest BCUT2D eigenvalue weighted by Crippen LogP contribution is -2.38. The number of carbonyl (C=O) groups is 1. The van der Waals surface area contributed by atoms with Crippen molar-refractivity contribution in [3.8, 4) is 5.75 Å². The van der Waals surface area contributed by atoms with E-state index in [9.17, 15) is 4.79 Å². The maximum Gasteiger partial charge on any atom is 0.254 e. The number of aryl methyl sites for hydroxylation is 1. The molecule has 1 saturated heterocycles. The molecule has 0 spiro atoms. The second-order valence-electron chi connectivity index (χ2n) is 7.76. The SMILES string of the molecule is C=N/C=C\SC.CCCCc1ccc(C(=O)N2CCCC2Cn2cccn2)cc1OC.COC. The van der Waals surface area contributed by atoms with E-state index in [1.165, 1.54) is 5.56 Å². The molecule has 1 atom stereocenters. The predicted molar refractivity (Wildman–Crippen MR) is 143 cm³/mol. The molecule has 8 heteroatoms. The van der Waals surface area contributed by atoms with Gasteiger partial charge in [-0.2, -0.15) is 5.10 Å². The van der Waals surface area contributed by atoms with Gasteiger partial charge in [0.05, 0.1) is 19.7 Å². The normalized spacial score (nSPS) is 14.7. The Balaban J connectivity index is 0.000000551. The van der Waals surface area contributed by atoms with Crippen LogP contribution in [0, 0.1) is 0 Å². The van der Waals surface area contributed by atoms with Gasteiger partial charge in [0.2, 0.25) is 0 Å². The zero-order chi connectivity index (χ0) is 25.2. The topological polar surface area (TPSA) is 69.0 Å². The summed E-state index contributed by atoms with van der Waals surface area (Å²) < 4.78 is 11.7. The molecule has 0 bridgehead atoms. The molecule has 1 unspecified atom stereocenters. The van der Waals surface area contributed by atoms with E-state index in [0.717, 1.165) is 50.9 Å².